The summed E-state index contributed by atoms with van der Waals surface area (Å²) in [5.74, 6) is 0.341. The molecular weight excluding hydrogens is 336 g/mol. The smallest absolute Gasteiger partial charge is 0.240 e. The first-order valence-electron chi connectivity index (χ1n) is 9.34. The van der Waals surface area contributed by atoms with E-state index in [0.717, 1.165) is 45.1 Å². The summed E-state index contributed by atoms with van der Waals surface area (Å²) in [6, 6.07) is 8.54. The van der Waals surface area contributed by atoms with Crippen molar-refractivity contribution in [2.45, 2.75) is 63.5 Å². The molecule has 4 nitrogen and oxygen atoms in total. The Kier molecular flexibility index (Phi) is 7.29. The highest BCUT2D eigenvalue weighted by molar-refractivity contribution is 5.86. The second-order valence-corrected chi connectivity index (χ2v) is 7.53. The Labute approximate surface area is 157 Å². The minimum atomic E-state index is -0.660. The second-order valence-electron chi connectivity index (χ2n) is 7.53. The van der Waals surface area contributed by atoms with Crippen molar-refractivity contribution in [3.63, 3.8) is 0 Å². The number of nitrogens with one attached hydrogen (secondary N) is 1. The third-order valence-electron chi connectivity index (χ3n) is 5.57. The number of aryl methyl sites for hydroxylation is 1. The Bertz CT molecular complexity index is 555. The Morgan fingerprint density at radius 3 is 2.56 bits per heavy atom. The van der Waals surface area contributed by atoms with Crippen LogP contribution in [0.25, 0.3) is 0 Å². The van der Waals surface area contributed by atoms with Crippen molar-refractivity contribution in [3.05, 3.63) is 35.4 Å². The highest BCUT2D eigenvalue weighted by Gasteiger charge is 2.36. The van der Waals surface area contributed by atoms with Gasteiger partial charge >= 0.3 is 0 Å². The predicted molar refractivity (Wildman–Crippen MR) is 103 cm³/mol. The van der Waals surface area contributed by atoms with Crippen LogP contribution < -0.4 is 11.1 Å². The van der Waals surface area contributed by atoms with Gasteiger partial charge in [0.15, 0.2) is 0 Å². The fourth-order valence-electron chi connectivity index (χ4n) is 3.99. The molecule has 1 saturated carbocycles. The van der Waals surface area contributed by atoms with Gasteiger partial charge in [0, 0.05) is 19.1 Å². The molecule has 1 saturated heterocycles. The van der Waals surface area contributed by atoms with Crippen LogP contribution in [0.1, 0.15) is 62.2 Å². The third-order valence-corrected chi connectivity index (χ3v) is 5.57. The van der Waals surface area contributed by atoms with Crippen molar-refractivity contribution in [1.82, 2.24) is 5.32 Å². The van der Waals surface area contributed by atoms with E-state index in [4.69, 9.17) is 10.5 Å². The number of hydrogen-bond acceptors (Lipinski definition) is 3. The Balaban J connectivity index is 0.00000225. The van der Waals surface area contributed by atoms with Crippen molar-refractivity contribution in [2.24, 2.45) is 11.7 Å². The van der Waals surface area contributed by atoms with Gasteiger partial charge in [-0.3, -0.25) is 4.79 Å². The topological polar surface area (TPSA) is 64.3 Å². The van der Waals surface area contributed by atoms with Gasteiger partial charge in [0.05, 0.1) is 11.6 Å². The van der Waals surface area contributed by atoms with Crippen LogP contribution in [0.5, 0.6) is 0 Å². The van der Waals surface area contributed by atoms with E-state index in [2.05, 4.69) is 36.5 Å². The first-order chi connectivity index (χ1) is 11.6. The fraction of sp³-hybridized carbons (Fsp3) is 0.650. The number of hydrogen-bond donors (Lipinski definition) is 2. The SMILES string of the molecule is Cc1ccc(C2OCCCC2CNC(=O)C2(N)CCCCC2)cc1.Cl. The average Bonchev–Trinajstić information content (AvgIpc) is 2.61. The lowest BCUT2D eigenvalue weighted by Crippen LogP contribution is -2.56. The molecule has 1 heterocycles. The first kappa shape index (κ1) is 20.2. The molecule has 3 rings (SSSR count). The standard InChI is InChI=1S/C20H30N2O2.ClH/c1-15-7-9-16(10-8-15)18-17(6-5-13-24-18)14-22-19(23)20(21)11-3-2-4-12-20;/h7-10,17-18H,2-6,11-14,21H2,1H3,(H,22,23);1H. The van der Waals surface area contributed by atoms with Crippen LogP contribution in [-0.4, -0.2) is 24.6 Å². The Morgan fingerprint density at radius 1 is 1.20 bits per heavy atom. The lowest BCUT2D eigenvalue weighted by atomic mass is 9.81. The molecule has 5 heteroatoms. The van der Waals surface area contributed by atoms with E-state index >= 15 is 0 Å². The van der Waals surface area contributed by atoms with Gasteiger partial charge < -0.3 is 15.8 Å². The van der Waals surface area contributed by atoms with Crippen molar-refractivity contribution < 1.29 is 9.53 Å². The lowest BCUT2D eigenvalue weighted by Gasteiger charge is -2.35. The van der Waals surface area contributed by atoms with Crippen molar-refractivity contribution in [3.8, 4) is 0 Å². The zero-order chi connectivity index (χ0) is 17.0. The fourth-order valence-corrected chi connectivity index (χ4v) is 3.99. The molecule has 1 aliphatic carbocycles. The number of amides is 1. The van der Waals surface area contributed by atoms with Gasteiger partial charge in [-0.05, 0) is 38.2 Å². The van der Waals surface area contributed by atoms with Crippen LogP contribution >= 0.6 is 12.4 Å². The van der Waals surface area contributed by atoms with Crippen molar-refractivity contribution in [2.75, 3.05) is 13.2 Å². The Morgan fingerprint density at radius 2 is 1.88 bits per heavy atom. The van der Waals surface area contributed by atoms with Gasteiger partial charge in [-0.2, -0.15) is 0 Å². The molecule has 1 amide bonds. The van der Waals surface area contributed by atoms with Crippen LogP contribution in [0.3, 0.4) is 0 Å². The summed E-state index contributed by atoms with van der Waals surface area (Å²) in [4.78, 5) is 12.6. The van der Waals surface area contributed by atoms with Crippen LogP contribution in [0.4, 0.5) is 0 Å². The van der Waals surface area contributed by atoms with Gasteiger partial charge in [0.25, 0.3) is 0 Å². The van der Waals surface area contributed by atoms with Crippen LogP contribution in [0.2, 0.25) is 0 Å². The minimum absolute atomic E-state index is 0. The summed E-state index contributed by atoms with van der Waals surface area (Å²) < 4.78 is 6.04. The molecule has 1 aromatic carbocycles. The van der Waals surface area contributed by atoms with E-state index < -0.39 is 5.54 Å². The van der Waals surface area contributed by atoms with Gasteiger partial charge in [0.1, 0.15) is 0 Å². The summed E-state index contributed by atoms with van der Waals surface area (Å²) in [5.41, 5.74) is 8.14. The number of carbonyl (C=O) groups is 1. The maximum absolute atomic E-state index is 12.6. The minimum Gasteiger partial charge on any atom is -0.373 e. The van der Waals surface area contributed by atoms with Gasteiger partial charge in [0.2, 0.25) is 5.91 Å². The van der Waals surface area contributed by atoms with E-state index in [1.54, 1.807) is 0 Å². The summed E-state index contributed by atoms with van der Waals surface area (Å²) in [6.45, 7) is 3.54. The van der Waals surface area contributed by atoms with E-state index in [9.17, 15) is 4.79 Å². The molecule has 0 aromatic heterocycles. The molecule has 2 aliphatic rings. The number of nitrogens with two attached hydrogens (primary N) is 1. The number of rotatable bonds is 4. The summed E-state index contributed by atoms with van der Waals surface area (Å²) in [6.07, 6.45) is 7.12. The number of halogens is 1. The van der Waals surface area contributed by atoms with E-state index in [0.29, 0.717) is 12.5 Å². The lowest BCUT2D eigenvalue weighted by molar-refractivity contribution is -0.128. The molecule has 140 valence electrons. The molecule has 0 radical (unpaired) electrons. The molecule has 1 aliphatic heterocycles. The predicted octanol–water partition coefficient (Wildman–Crippen LogP) is 3.66. The molecule has 0 spiro atoms. The highest BCUT2D eigenvalue weighted by Crippen LogP contribution is 2.33. The van der Waals surface area contributed by atoms with Crippen LogP contribution in [-0.2, 0) is 9.53 Å². The number of ether oxygens (including phenoxy) is 1. The van der Waals surface area contributed by atoms with Gasteiger partial charge in [-0.25, -0.2) is 0 Å². The molecule has 2 unspecified atom stereocenters. The van der Waals surface area contributed by atoms with Crippen LogP contribution in [0.15, 0.2) is 24.3 Å². The van der Waals surface area contributed by atoms with E-state index in [1.165, 1.54) is 17.5 Å². The maximum Gasteiger partial charge on any atom is 0.240 e. The number of benzene rings is 1. The second kappa shape index (κ2) is 9.02. The largest absolute Gasteiger partial charge is 0.373 e. The molecule has 2 fully saturated rings. The average molecular weight is 367 g/mol. The molecule has 2 atom stereocenters. The van der Waals surface area contributed by atoms with E-state index in [1.807, 2.05) is 0 Å². The molecule has 1 aromatic rings. The molecule has 3 N–H and O–H groups in total. The quantitative estimate of drug-likeness (QED) is 0.854. The van der Waals surface area contributed by atoms with Crippen LogP contribution in [0, 0.1) is 12.8 Å². The monoisotopic (exact) mass is 366 g/mol. The third kappa shape index (κ3) is 4.96. The zero-order valence-electron chi connectivity index (χ0n) is 15.1. The maximum atomic E-state index is 12.6. The molecule has 25 heavy (non-hydrogen) atoms. The first-order valence-corrected chi connectivity index (χ1v) is 9.34. The van der Waals surface area contributed by atoms with Crippen molar-refractivity contribution >= 4 is 18.3 Å². The molecular formula is C20H31ClN2O2. The summed E-state index contributed by atoms with van der Waals surface area (Å²) in [5, 5.41) is 3.13. The summed E-state index contributed by atoms with van der Waals surface area (Å²) >= 11 is 0. The normalized spacial score (nSPS) is 25.7. The van der Waals surface area contributed by atoms with E-state index in [-0.39, 0.29) is 24.4 Å². The molecule has 0 bridgehead atoms. The highest BCUT2D eigenvalue weighted by atomic mass is 35.5. The van der Waals surface area contributed by atoms with Crippen molar-refractivity contribution in [1.29, 1.82) is 0 Å². The zero-order valence-corrected chi connectivity index (χ0v) is 15.9. The van der Waals surface area contributed by atoms with Gasteiger partial charge in [-0.1, -0.05) is 49.1 Å². The summed E-state index contributed by atoms with van der Waals surface area (Å²) in [7, 11) is 0. The number of carbonyl (C=O) groups excluding carboxylic acids is 1. The van der Waals surface area contributed by atoms with Gasteiger partial charge in [-0.15, -0.1) is 12.4 Å². The Hall–Kier alpha value is -1.10.